The van der Waals surface area contributed by atoms with E-state index in [1.165, 1.54) is 40.7 Å². The lowest BCUT2D eigenvalue weighted by Gasteiger charge is -2.42. The predicted molar refractivity (Wildman–Crippen MR) is 102 cm³/mol. The smallest absolute Gasteiger partial charge is 0.0100 e. The molecule has 2 aromatic rings. The molecule has 0 heterocycles. The molecule has 0 amide bonds. The molecule has 1 aliphatic carbocycles. The van der Waals surface area contributed by atoms with E-state index in [1.54, 1.807) is 0 Å². The quantitative estimate of drug-likeness (QED) is 0.548. The van der Waals surface area contributed by atoms with E-state index in [0.717, 1.165) is 0 Å². The molecule has 120 valence electrons. The highest BCUT2D eigenvalue weighted by Gasteiger charge is 2.36. The van der Waals surface area contributed by atoms with Crippen LogP contribution in [0.3, 0.4) is 0 Å². The van der Waals surface area contributed by atoms with Crippen LogP contribution in [0.15, 0.2) is 48.5 Å². The van der Waals surface area contributed by atoms with Gasteiger partial charge in [-0.1, -0.05) is 82.3 Å². The number of hydrogen-bond donors (Lipinski definition) is 0. The second-order valence-corrected chi connectivity index (χ2v) is 8.27. The van der Waals surface area contributed by atoms with E-state index >= 15 is 0 Å². The molecule has 0 N–H and O–H groups in total. The molecule has 0 bridgehead atoms. The standard InChI is InChI=1S/C23H28/c1-17(15-18-9-7-6-8-10-18)19-11-12-20-21(16-19)23(4,5)14-13-22(20,2)3/h6-12,15-16H,13-14H2,1-5H3/b17-15-. The Morgan fingerprint density at radius 3 is 2.09 bits per heavy atom. The topological polar surface area (TPSA) is 0 Å². The normalized spacial score (nSPS) is 19.3. The first-order valence-corrected chi connectivity index (χ1v) is 8.68. The first-order chi connectivity index (χ1) is 10.8. The molecule has 0 aliphatic heterocycles. The van der Waals surface area contributed by atoms with Gasteiger partial charge in [-0.15, -0.1) is 0 Å². The van der Waals surface area contributed by atoms with Crippen molar-refractivity contribution in [2.24, 2.45) is 0 Å². The number of benzene rings is 2. The van der Waals surface area contributed by atoms with Crippen LogP contribution in [0.4, 0.5) is 0 Å². The molecular weight excluding hydrogens is 276 g/mol. The zero-order valence-electron chi connectivity index (χ0n) is 15.1. The minimum atomic E-state index is 0.272. The van der Waals surface area contributed by atoms with Gasteiger partial charge in [0.1, 0.15) is 0 Å². The molecule has 0 radical (unpaired) electrons. The van der Waals surface area contributed by atoms with Crippen LogP contribution in [0, 0.1) is 0 Å². The third-order valence-corrected chi connectivity index (χ3v) is 5.49. The first-order valence-electron chi connectivity index (χ1n) is 8.68. The minimum absolute atomic E-state index is 0.272. The molecule has 0 spiro atoms. The molecule has 0 fully saturated rings. The zero-order chi connectivity index (χ0) is 16.7. The Bertz CT molecular complexity index is 730. The molecule has 0 unspecified atom stereocenters. The molecular formula is C23H28. The molecule has 23 heavy (non-hydrogen) atoms. The highest BCUT2D eigenvalue weighted by atomic mass is 14.4. The SMILES string of the molecule is C/C(=C/c1ccccc1)c1ccc2c(c1)C(C)(C)CCC2(C)C. The number of hydrogen-bond acceptors (Lipinski definition) is 0. The van der Waals surface area contributed by atoms with Gasteiger partial charge in [-0.25, -0.2) is 0 Å². The van der Waals surface area contributed by atoms with Crippen molar-refractivity contribution in [3.05, 3.63) is 70.8 Å². The van der Waals surface area contributed by atoms with Gasteiger partial charge < -0.3 is 0 Å². The maximum Gasteiger partial charge on any atom is -0.0100 e. The van der Waals surface area contributed by atoms with Crippen LogP contribution in [0.5, 0.6) is 0 Å². The second kappa shape index (κ2) is 5.67. The van der Waals surface area contributed by atoms with Gasteiger partial charge >= 0.3 is 0 Å². The van der Waals surface area contributed by atoms with Crippen molar-refractivity contribution >= 4 is 11.6 Å². The van der Waals surface area contributed by atoms with E-state index in [2.05, 4.69) is 89.2 Å². The van der Waals surface area contributed by atoms with Crippen LogP contribution in [0.2, 0.25) is 0 Å². The van der Waals surface area contributed by atoms with Crippen LogP contribution < -0.4 is 0 Å². The molecule has 0 saturated carbocycles. The van der Waals surface area contributed by atoms with Crippen LogP contribution in [-0.2, 0) is 10.8 Å². The van der Waals surface area contributed by atoms with Gasteiger partial charge in [0.05, 0.1) is 0 Å². The Kier molecular flexibility index (Phi) is 3.96. The highest BCUT2D eigenvalue weighted by Crippen LogP contribution is 2.46. The average Bonchev–Trinajstić information content (AvgIpc) is 2.52. The molecule has 3 rings (SSSR count). The van der Waals surface area contributed by atoms with Crippen LogP contribution >= 0.6 is 0 Å². The van der Waals surface area contributed by atoms with E-state index in [9.17, 15) is 0 Å². The maximum absolute atomic E-state index is 2.44. The summed E-state index contributed by atoms with van der Waals surface area (Å²) in [4.78, 5) is 0. The lowest BCUT2D eigenvalue weighted by molar-refractivity contribution is 0.332. The van der Waals surface area contributed by atoms with Gasteiger partial charge in [-0.3, -0.25) is 0 Å². The van der Waals surface area contributed by atoms with Gasteiger partial charge in [-0.2, -0.15) is 0 Å². The summed E-state index contributed by atoms with van der Waals surface area (Å²) in [5.41, 5.74) is 7.57. The Morgan fingerprint density at radius 2 is 1.43 bits per heavy atom. The minimum Gasteiger partial charge on any atom is -0.0622 e. The summed E-state index contributed by atoms with van der Waals surface area (Å²) in [5, 5.41) is 0. The lowest BCUT2D eigenvalue weighted by Crippen LogP contribution is -2.33. The fraction of sp³-hybridized carbons (Fsp3) is 0.391. The zero-order valence-corrected chi connectivity index (χ0v) is 15.1. The van der Waals surface area contributed by atoms with Crippen molar-refractivity contribution in [1.29, 1.82) is 0 Å². The third-order valence-electron chi connectivity index (χ3n) is 5.49. The molecule has 0 aromatic heterocycles. The fourth-order valence-electron chi connectivity index (χ4n) is 3.72. The summed E-state index contributed by atoms with van der Waals surface area (Å²) >= 11 is 0. The summed E-state index contributed by atoms with van der Waals surface area (Å²) in [5.74, 6) is 0. The molecule has 0 saturated heterocycles. The molecule has 0 atom stereocenters. The Labute approximate surface area is 141 Å². The molecule has 1 aliphatic rings. The Balaban J connectivity index is 2.05. The van der Waals surface area contributed by atoms with Crippen LogP contribution in [0.1, 0.15) is 69.7 Å². The van der Waals surface area contributed by atoms with Gasteiger partial charge in [0.15, 0.2) is 0 Å². The summed E-state index contributed by atoms with van der Waals surface area (Å²) in [6, 6.07) is 17.7. The number of fused-ring (bicyclic) bond motifs is 1. The average molecular weight is 304 g/mol. The molecule has 0 heteroatoms. The first kappa shape index (κ1) is 16.1. The summed E-state index contributed by atoms with van der Waals surface area (Å²) in [7, 11) is 0. The summed E-state index contributed by atoms with van der Waals surface area (Å²) in [6.07, 6.45) is 4.81. The van der Waals surface area contributed by atoms with E-state index in [4.69, 9.17) is 0 Å². The van der Waals surface area contributed by atoms with E-state index in [0.29, 0.717) is 5.41 Å². The van der Waals surface area contributed by atoms with Crippen molar-refractivity contribution in [1.82, 2.24) is 0 Å². The Morgan fingerprint density at radius 1 is 0.826 bits per heavy atom. The molecule has 2 aromatic carbocycles. The highest BCUT2D eigenvalue weighted by molar-refractivity contribution is 5.80. The number of rotatable bonds is 2. The summed E-state index contributed by atoms with van der Waals surface area (Å²) in [6.45, 7) is 11.8. The molecule has 0 nitrogen and oxygen atoms in total. The predicted octanol–water partition coefficient (Wildman–Crippen LogP) is 6.60. The van der Waals surface area contributed by atoms with Gasteiger partial charge in [0.2, 0.25) is 0 Å². The van der Waals surface area contributed by atoms with Crippen LogP contribution in [-0.4, -0.2) is 0 Å². The Hall–Kier alpha value is -1.82. The van der Waals surface area contributed by atoms with Crippen molar-refractivity contribution in [2.45, 2.75) is 58.3 Å². The van der Waals surface area contributed by atoms with Crippen molar-refractivity contribution in [3.8, 4) is 0 Å². The van der Waals surface area contributed by atoms with E-state index in [1.807, 2.05) is 0 Å². The maximum atomic E-state index is 2.44. The van der Waals surface area contributed by atoms with Crippen molar-refractivity contribution < 1.29 is 0 Å². The second-order valence-electron chi connectivity index (χ2n) is 8.27. The fourth-order valence-corrected chi connectivity index (χ4v) is 3.72. The van der Waals surface area contributed by atoms with Gasteiger partial charge in [0, 0.05) is 0 Å². The number of allylic oxidation sites excluding steroid dienone is 1. The largest absolute Gasteiger partial charge is 0.0622 e. The van der Waals surface area contributed by atoms with E-state index in [-0.39, 0.29) is 5.41 Å². The van der Waals surface area contributed by atoms with Crippen molar-refractivity contribution in [2.75, 3.05) is 0 Å². The van der Waals surface area contributed by atoms with Crippen LogP contribution in [0.25, 0.3) is 11.6 Å². The summed E-state index contributed by atoms with van der Waals surface area (Å²) < 4.78 is 0. The monoisotopic (exact) mass is 304 g/mol. The third kappa shape index (κ3) is 3.13. The van der Waals surface area contributed by atoms with E-state index < -0.39 is 0 Å². The van der Waals surface area contributed by atoms with Gasteiger partial charge in [0.25, 0.3) is 0 Å². The lowest BCUT2D eigenvalue weighted by atomic mass is 9.63. The van der Waals surface area contributed by atoms with Gasteiger partial charge in [-0.05, 0) is 58.4 Å². The van der Waals surface area contributed by atoms with Crippen molar-refractivity contribution in [3.63, 3.8) is 0 Å².